The lowest BCUT2D eigenvalue weighted by molar-refractivity contribution is 0.120. The standard InChI is InChI=1S/C16H18N4O2.ClH/c21-16(22-18-14-4-2-1-3-5-14)20-12-10-19(11-13-20)15-6-8-17-9-7-15;/h1-9,18H,10-13H2;1H. The first-order valence-corrected chi connectivity index (χ1v) is 7.25. The highest BCUT2D eigenvalue weighted by molar-refractivity contribution is 5.85. The van der Waals surface area contributed by atoms with Gasteiger partial charge in [-0.05, 0) is 24.3 Å². The molecule has 1 saturated heterocycles. The fourth-order valence-electron chi connectivity index (χ4n) is 2.38. The summed E-state index contributed by atoms with van der Waals surface area (Å²) in [7, 11) is 0. The van der Waals surface area contributed by atoms with Gasteiger partial charge in [0.15, 0.2) is 0 Å². The van der Waals surface area contributed by atoms with Crippen LogP contribution in [0.3, 0.4) is 0 Å². The van der Waals surface area contributed by atoms with Crippen molar-refractivity contribution in [1.82, 2.24) is 9.88 Å². The molecule has 1 aliphatic rings. The Balaban J connectivity index is 0.00000192. The molecule has 2 aromatic rings. The first kappa shape index (κ1) is 16.9. The van der Waals surface area contributed by atoms with Crippen molar-refractivity contribution in [3.8, 4) is 0 Å². The van der Waals surface area contributed by atoms with Gasteiger partial charge in [0, 0.05) is 44.3 Å². The number of aromatic nitrogens is 1. The van der Waals surface area contributed by atoms with Crippen LogP contribution < -0.4 is 10.4 Å². The number of benzene rings is 1. The van der Waals surface area contributed by atoms with E-state index < -0.39 is 0 Å². The number of halogens is 1. The van der Waals surface area contributed by atoms with Gasteiger partial charge in [0.2, 0.25) is 0 Å². The van der Waals surface area contributed by atoms with E-state index in [0.717, 1.165) is 24.5 Å². The van der Waals surface area contributed by atoms with Gasteiger partial charge in [-0.1, -0.05) is 18.2 Å². The first-order valence-electron chi connectivity index (χ1n) is 7.25. The van der Waals surface area contributed by atoms with Gasteiger partial charge in [0.25, 0.3) is 0 Å². The second-order valence-corrected chi connectivity index (χ2v) is 5.02. The maximum atomic E-state index is 12.0. The summed E-state index contributed by atoms with van der Waals surface area (Å²) in [5, 5.41) is 0. The van der Waals surface area contributed by atoms with Crippen LogP contribution in [0.5, 0.6) is 0 Å². The predicted molar refractivity (Wildman–Crippen MR) is 91.8 cm³/mol. The van der Waals surface area contributed by atoms with Crippen molar-refractivity contribution in [1.29, 1.82) is 0 Å². The lowest BCUT2D eigenvalue weighted by Crippen LogP contribution is -2.49. The van der Waals surface area contributed by atoms with E-state index in [-0.39, 0.29) is 18.5 Å². The SMILES string of the molecule is Cl.O=C(ONc1ccccc1)N1CCN(c2ccncc2)CC1. The van der Waals surface area contributed by atoms with Crippen LogP contribution in [0.25, 0.3) is 0 Å². The highest BCUT2D eigenvalue weighted by Gasteiger charge is 2.22. The third kappa shape index (κ3) is 4.50. The third-order valence-electron chi connectivity index (χ3n) is 3.60. The summed E-state index contributed by atoms with van der Waals surface area (Å²) in [5.41, 5.74) is 4.56. The van der Waals surface area contributed by atoms with E-state index in [2.05, 4.69) is 15.4 Å². The first-order chi connectivity index (χ1) is 10.8. The van der Waals surface area contributed by atoms with E-state index in [1.54, 1.807) is 17.3 Å². The van der Waals surface area contributed by atoms with E-state index in [1.807, 2.05) is 42.5 Å². The second-order valence-electron chi connectivity index (χ2n) is 5.02. The highest BCUT2D eigenvalue weighted by atomic mass is 35.5. The van der Waals surface area contributed by atoms with Crippen LogP contribution in [-0.2, 0) is 4.84 Å². The molecule has 1 amide bonds. The van der Waals surface area contributed by atoms with E-state index in [9.17, 15) is 4.79 Å². The summed E-state index contributed by atoms with van der Waals surface area (Å²) in [6.45, 7) is 2.84. The van der Waals surface area contributed by atoms with Crippen LogP contribution in [0.1, 0.15) is 0 Å². The Hall–Kier alpha value is -2.47. The van der Waals surface area contributed by atoms with Crippen LogP contribution in [-0.4, -0.2) is 42.2 Å². The zero-order valence-corrected chi connectivity index (χ0v) is 13.4. The van der Waals surface area contributed by atoms with Crippen molar-refractivity contribution < 1.29 is 9.63 Å². The summed E-state index contributed by atoms with van der Waals surface area (Å²) < 4.78 is 0. The van der Waals surface area contributed by atoms with Gasteiger partial charge in [0.05, 0.1) is 5.69 Å². The van der Waals surface area contributed by atoms with Crippen LogP contribution >= 0.6 is 12.4 Å². The summed E-state index contributed by atoms with van der Waals surface area (Å²) in [6, 6.07) is 13.3. The fraction of sp³-hybridized carbons (Fsp3) is 0.250. The molecule has 1 aromatic carbocycles. The molecule has 6 nitrogen and oxygen atoms in total. The van der Waals surface area contributed by atoms with Gasteiger partial charge in [0.1, 0.15) is 0 Å². The molecular formula is C16H19ClN4O2. The Morgan fingerprint density at radius 1 is 1.00 bits per heavy atom. The molecule has 0 aliphatic carbocycles. The maximum Gasteiger partial charge on any atom is 0.434 e. The van der Waals surface area contributed by atoms with Gasteiger partial charge in [-0.25, -0.2) is 10.3 Å². The van der Waals surface area contributed by atoms with Crippen molar-refractivity contribution >= 4 is 29.9 Å². The number of piperazine rings is 1. The molecule has 0 radical (unpaired) electrons. The number of nitrogens with zero attached hydrogens (tertiary/aromatic N) is 3. The number of amides is 1. The zero-order chi connectivity index (χ0) is 15.2. The number of para-hydroxylation sites is 1. The Bertz CT molecular complexity index is 604. The quantitative estimate of drug-likeness (QED) is 0.875. The molecule has 7 heteroatoms. The number of carbonyl (C=O) groups is 1. The summed E-state index contributed by atoms with van der Waals surface area (Å²) >= 11 is 0. The van der Waals surface area contributed by atoms with Gasteiger partial charge < -0.3 is 14.6 Å². The zero-order valence-electron chi connectivity index (χ0n) is 12.6. The average Bonchev–Trinajstić information content (AvgIpc) is 2.61. The summed E-state index contributed by atoms with van der Waals surface area (Å²) in [5.74, 6) is 0. The molecule has 3 rings (SSSR count). The Labute approximate surface area is 141 Å². The van der Waals surface area contributed by atoms with E-state index in [4.69, 9.17) is 4.84 Å². The molecule has 23 heavy (non-hydrogen) atoms. The van der Waals surface area contributed by atoms with Gasteiger partial charge in [-0.2, -0.15) is 0 Å². The van der Waals surface area contributed by atoms with Gasteiger partial charge >= 0.3 is 6.09 Å². The minimum absolute atomic E-state index is 0. The highest BCUT2D eigenvalue weighted by Crippen LogP contribution is 2.15. The molecule has 1 aromatic heterocycles. The molecule has 122 valence electrons. The number of hydrogen-bond acceptors (Lipinski definition) is 5. The minimum atomic E-state index is -0.349. The number of anilines is 2. The molecule has 1 fully saturated rings. The largest absolute Gasteiger partial charge is 0.434 e. The van der Waals surface area contributed by atoms with Gasteiger partial charge in [-0.3, -0.25) is 4.98 Å². The van der Waals surface area contributed by atoms with Crippen LogP contribution in [0.15, 0.2) is 54.9 Å². The molecule has 1 aliphatic heterocycles. The van der Waals surface area contributed by atoms with Crippen LogP contribution in [0.4, 0.5) is 16.2 Å². The molecular weight excluding hydrogens is 316 g/mol. The van der Waals surface area contributed by atoms with Crippen molar-refractivity contribution in [2.75, 3.05) is 36.6 Å². The van der Waals surface area contributed by atoms with Crippen LogP contribution in [0.2, 0.25) is 0 Å². The second kappa shape index (κ2) is 8.24. The lowest BCUT2D eigenvalue weighted by atomic mass is 10.3. The van der Waals surface area contributed by atoms with Crippen molar-refractivity contribution in [3.63, 3.8) is 0 Å². The van der Waals surface area contributed by atoms with E-state index >= 15 is 0 Å². The lowest BCUT2D eigenvalue weighted by Gasteiger charge is -2.35. The Morgan fingerprint density at radius 2 is 1.65 bits per heavy atom. The molecule has 0 bridgehead atoms. The number of hydrogen-bond donors (Lipinski definition) is 1. The van der Waals surface area contributed by atoms with Crippen molar-refractivity contribution in [2.24, 2.45) is 0 Å². The molecule has 0 unspecified atom stereocenters. The van der Waals surface area contributed by atoms with Crippen molar-refractivity contribution in [3.05, 3.63) is 54.9 Å². The smallest absolute Gasteiger partial charge is 0.368 e. The minimum Gasteiger partial charge on any atom is -0.368 e. The molecule has 1 N–H and O–H groups in total. The molecule has 0 saturated carbocycles. The third-order valence-corrected chi connectivity index (χ3v) is 3.60. The number of rotatable bonds is 3. The average molecular weight is 335 g/mol. The normalized spacial score (nSPS) is 13.9. The van der Waals surface area contributed by atoms with Crippen molar-refractivity contribution in [2.45, 2.75) is 0 Å². The number of pyridine rings is 1. The fourth-order valence-corrected chi connectivity index (χ4v) is 2.38. The monoisotopic (exact) mass is 334 g/mol. The Kier molecular flexibility index (Phi) is 6.05. The molecule has 2 heterocycles. The summed E-state index contributed by atoms with van der Waals surface area (Å²) in [4.78, 5) is 25.1. The number of carbonyl (C=O) groups excluding carboxylic acids is 1. The van der Waals surface area contributed by atoms with Crippen LogP contribution in [0, 0.1) is 0 Å². The topological polar surface area (TPSA) is 57.7 Å². The predicted octanol–water partition coefficient (Wildman–Crippen LogP) is 2.79. The molecule has 0 atom stereocenters. The van der Waals surface area contributed by atoms with E-state index in [0.29, 0.717) is 13.1 Å². The van der Waals surface area contributed by atoms with Gasteiger partial charge in [-0.15, -0.1) is 12.4 Å². The molecule has 0 spiro atoms. The Morgan fingerprint density at radius 3 is 2.30 bits per heavy atom. The van der Waals surface area contributed by atoms with E-state index in [1.165, 1.54) is 0 Å². The summed E-state index contributed by atoms with van der Waals surface area (Å²) in [6.07, 6.45) is 3.21. The maximum absolute atomic E-state index is 12.0. The number of nitrogens with one attached hydrogen (secondary N) is 1.